The van der Waals surface area contributed by atoms with Gasteiger partial charge in [0, 0.05) is 68.0 Å². The molecular formula is C28H36F2N6O2. The Morgan fingerprint density at radius 3 is 2.42 bits per heavy atom. The first-order chi connectivity index (χ1) is 18.3. The smallest absolute Gasteiger partial charge is 0.257 e. The summed E-state index contributed by atoms with van der Waals surface area (Å²) < 4.78 is 35.9. The minimum Gasteiger partial charge on any atom is -0.493 e. The van der Waals surface area contributed by atoms with Crippen LogP contribution in [0, 0.1) is 23.5 Å². The van der Waals surface area contributed by atoms with Gasteiger partial charge in [-0.15, -0.1) is 0 Å². The van der Waals surface area contributed by atoms with E-state index in [1.54, 1.807) is 6.92 Å². The number of amides is 1. The molecule has 2 aromatic heterocycles. The number of benzene rings is 1. The molecule has 10 heteroatoms. The first kappa shape index (κ1) is 27.5. The Morgan fingerprint density at radius 1 is 1.11 bits per heavy atom. The van der Waals surface area contributed by atoms with Crippen LogP contribution in [0.2, 0.25) is 0 Å². The van der Waals surface area contributed by atoms with Gasteiger partial charge in [0.15, 0.2) is 0 Å². The quantitative estimate of drug-likeness (QED) is 0.350. The molecule has 1 fully saturated rings. The van der Waals surface area contributed by atoms with E-state index >= 15 is 0 Å². The zero-order chi connectivity index (χ0) is 27.1. The molecule has 38 heavy (non-hydrogen) atoms. The molecule has 0 radical (unpaired) electrons. The lowest BCUT2D eigenvalue weighted by molar-refractivity contribution is 0.0947. The predicted octanol–water partition coefficient (Wildman–Crippen LogP) is 5.10. The van der Waals surface area contributed by atoms with Gasteiger partial charge < -0.3 is 15.0 Å². The van der Waals surface area contributed by atoms with Gasteiger partial charge in [0.05, 0.1) is 12.8 Å². The second-order valence-electron chi connectivity index (χ2n) is 10.2. The standard InChI is InChI=1S/C28H36F2N6O2/c1-4-31-27(37)26-24(29)12-23(13-25(26)30)38-11-5-6-20-7-9-35(10-8-20)28-32-14-21(15-33-28)22-16-34-36(18-22)17-19(2)3/h12-16,18-20H,4-11,17H2,1-3H3,(H,31,37). The summed E-state index contributed by atoms with van der Waals surface area (Å²) in [7, 11) is 0. The molecule has 1 N–H and O–H groups in total. The van der Waals surface area contributed by atoms with E-state index < -0.39 is 23.1 Å². The number of aromatic nitrogens is 4. The van der Waals surface area contributed by atoms with Crippen LogP contribution < -0.4 is 15.0 Å². The van der Waals surface area contributed by atoms with E-state index in [-0.39, 0.29) is 5.75 Å². The molecule has 0 spiro atoms. The molecule has 1 saturated heterocycles. The zero-order valence-electron chi connectivity index (χ0n) is 22.3. The van der Waals surface area contributed by atoms with Crippen LogP contribution >= 0.6 is 0 Å². The van der Waals surface area contributed by atoms with Gasteiger partial charge in [-0.05, 0) is 44.4 Å². The number of nitrogens with one attached hydrogen (secondary N) is 1. The van der Waals surface area contributed by atoms with Crippen molar-refractivity contribution < 1.29 is 18.3 Å². The number of hydrogen-bond donors (Lipinski definition) is 1. The number of carbonyl (C=O) groups is 1. The Labute approximate surface area is 222 Å². The summed E-state index contributed by atoms with van der Waals surface area (Å²) in [6, 6.07) is 2.13. The molecule has 0 atom stereocenters. The van der Waals surface area contributed by atoms with Crippen molar-refractivity contribution in [1.29, 1.82) is 0 Å². The first-order valence-electron chi connectivity index (χ1n) is 13.3. The molecule has 1 amide bonds. The maximum absolute atomic E-state index is 14.2. The fraction of sp³-hybridized carbons (Fsp3) is 0.500. The summed E-state index contributed by atoms with van der Waals surface area (Å²) in [5, 5.41) is 6.82. The van der Waals surface area contributed by atoms with Gasteiger partial charge in [-0.1, -0.05) is 13.8 Å². The Bertz CT molecular complexity index is 1180. The fourth-order valence-corrected chi connectivity index (χ4v) is 4.70. The van der Waals surface area contributed by atoms with E-state index in [1.165, 1.54) is 0 Å². The SMILES string of the molecule is CCNC(=O)c1c(F)cc(OCCCC2CCN(c3ncc(-c4cnn(CC(C)C)c4)cn3)CC2)cc1F. The Morgan fingerprint density at radius 2 is 1.79 bits per heavy atom. The molecule has 1 aromatic carbocycles. The predicted molar refractivity (Wildman–Crippen MR) is 142 cm³/mol. The van der Waals surface area contributed by atoms with Gasteiger partial charge >= 0.3 is 0 Å². The van der Waals surface area contributed by atoms with Crippen LogP contribution in [-0.4, -0.2) is 51.9 Å². The van der Waals surface area contributed by atoms with Crippen LogP contribution in [0.25, 0.3) is 11.1 Å². The molecule has 1 aliphatic rings. The second kappa shape index (κ2) is 12.8. The maximum Gasteiger partial charge on any atom is 0.257 e. The second-order valence-corrected chi connectivity index (χ2v) is 10.2. The van der Waals surface area contributed by atoms with Gasteiger partial charge in [0.1, 0.15) is 22.9 Å². The van der Waals surface area contributed by atoms with Crippen molar-refractivity contribution in [2.45, 2.75) is 53.0 Å². The molecule has 1 aliphatic heterocycles. The molecule has 0 unspecified atom stereocenters. The Balaban J connectivity index is 1.20. The lowest BCUT2D eigenvalue weighted by Crippen LogP contribution is -2.34. The summed E-state index contributed by atoms with van der Waals surface area (Å²) in [5.74, 6) is -0.694. The van der Waals surface area contributed by atoms with Gasteiger partial charge in [-0.2, -0.15) is 5.10 Å². The van der Waals surface area contributed by atoms with E-state index in [4.69, 9.17) is 4.74 Å². The molecule has 0 bridgehead atoms. The molecule has 3 heterocycles. The van der Waals surface area contributed by atoms with Gasteiger partial charge in [-0.25, -0.2) is 18.7 Å². The van der Waals surface area contributed by atoms with E-state index in [0.717, 1.165) is 74.5 Å². The molecule has 0 saturated carbocycles. The van der Waals surface area contributed by atoms with Crippen LogP contribution in [0.1, 0.15) is 56.8 Å². The maximum atomic E-state index is 14.2. The lowest BCUT2D eigenvalue weighted by atomic mass is 9.92. The highest BCUT2D eigenvalue weighted by Gasteiger charge is 2.22. The third kappa shape index (κ3) is 7.05. The van der Waals surface area contributed by atoms with Crippen LogP contribution in [0.4, 0.5) is 14.7 Å². The summed E-state index contributed by atoms with van der Waals surface area (Å²) in [5.41, 5.74) is 1.39. The van der Waals surface area contributed by atoms with Gasteiger partial charge in [0.2, 0.25) is 5.95 Å². The minimum atomic E-state index is -0.922. The number of hydrogen-bond acceptors (Lipinski definition) is 6. The normalized spacial score (nSPS) is 14.2. The van der Waals surface area contributed by atoms with E-state index in [0.29, 0.717) is 25.0 Å². The van der Waals surface area contributed by atoms with Gasteiger partial charge in [-0.3, -0.25) is 9.48 Å². The third-order valence-electron chi connectivity index (χ3n) is 6.66. The number of anilines is 1. The number of halogens is 2. The molecule has 3 aromatic rings. The third-order valence-corrected chi connectivity index (χ3v) is 6.66. The monoisotopic (exact) mass is 526 g/mol. The summed E-state index contributed by atoms with van der Waals surface area (Å²) in [6.07, 6.45) is 11.4. The van der Waals surface area contributed by atoms with Crippen molar-refractivity contribution >= 4 is 11.9 Å². The first-order valence-corrected chi connectivity index (χ1v) is 13.3. The average Bonchev–Trinajstić information content (AvgIpc) is 3.35. The van der Waals surface area contributed by atoms with E-state index in [2.05, 4.69) is 39.1 Å². The van der Waals surface area contributed by atoms with E-state index in [9.17, 15) is 13.6 Å². The van der Waals surface area contributed by atoms with E-state index in [1.807, 2.05) is 29.5 Å². The summed E-state index contributed by atoms with van der Waals surface area (Å²) in [6.45, 7) is 9.31. The molecule has 4 rings (SSSR count). The molecule has 0 aliphatic carbocycles. The number of nitrogens with zero attached hydrogens (tertiary/aromatic N) is 5. The number of piperidine rings is 1. The molecular weight excluding hydrogens is 490 g/mol. The van der Waals surface area contributed by atoms with Crippen molar-refractivity contribution in [2.75, 3.05) is 31.1 Å². The minimum absolute atomic E-state index is 0.0933. The average molecular weight is 527 g/mol. The Hall–Kier alpha value is -3.56. The highest BCUT2D eigenvalue weighted by atomic mass is 19.1. The number of carbonyl (C=O) groups excluding carboxylic acids is 1. The number of rotatable bonds is 11. The van der Waals surface area contributed by atoms with Crippen LogP contribution in [0.5, 0.6) is 5.75 Å². The van der Waals surface area contributed by atoms with Crippen molar-refractivity contribution in [3.63, 3.8) is 0 Å². The summed E-state index contributed by atoms with van der Waals surface area (Å²) >= 11 is 0. The zero-order valence-corrected chi connectivity index (χ0v) is 22.3. The largest absolute Gasteiger partial charge is 0.493 e. The lowest BCUT2D eigenvalue weighted by Gasteiger charge is -2.32. The summed E-state index contributed by atoms with van der Waals surface area (Å²) in [4.78, 5) is 23.2. The van der Waals surface area contributed by atoms with Crippen LogP contribution in [-0.2, 0) is 6.54 Å². The highest BCUT2D eigenvalue weighted by Crippen LogP contribution is 2.26. The topological polar surface area (TPSA) is 85.2 Å². The van der Waals surface area contributed by atoms with Crippen LogP contribution in [0.15, 0.2) is 36.9 Å². The Kier molecular flexibility index (Phi) is 9.25. The van der Waals surface area contributed by atoms with Crippen LogP contribution in [0.3, 0.4) is 0 Å². The molecule has 8 nitrogen and oxygen atoms in total. The number of ether oxygens (including phenoxy) is 1. The van der Waals surface area contributed by atoms with Crippen molar-refractivity contribution in [3.8, 4) is 16.9 Å². The van der Waals surface area contributed by atoms with Gasteiger partial charge in [0.25, 0.3) is 5.91 Å². The van der Waals surface area contributed by atoms with Crippen molar-refractivity contribution in [2.24, 2.45) is 11.8 Å². The highest BCUT2D eigenvalue weighted by molar-refractivity contribution is 5.94. The fourth-order valence-electron chi connectivity index (χ4n) is 4.70. The van der Waals surface area contributed by atoms with Crippen molar-refractivity contribution in [1.82, 2.24) is 25.1 Å². The molecule has 204 valence electrons. The van der Waals surface area contributed by atoms with Crippen molar-refractivity contribution in [3.05, 3.63) is 54.1 Å².